The van der Waals surface area contributed by atoms with E-state index in [9.17, 15) is 62.1 Å². The van der Waals surface area contributed by atoms with Crippen molar-refractivity contribution < 1.29 is 77.5 Å². The number of thioether (sulfide) groups is 2. The zero-order valence-corrected chi connectivity index (χ0v) is 56.7. The van der Waals surface area contributed by atoms with E-state index in [-0.39, 0.29) is 73.1 Å². The van der Waals surface area contributed by atoms with E-state index in [0.717, 1.165) is 11.1 Å². The van der Waals surface area contributed by atoms with E-state index in [1.54, 1.807) is 0 Å². The number of rotatable bonds is 15. The minimum Gasteiger partial charge on any atom is -0.508 e. The molecule has 1 aliphatic heterocycles. The number of nitrogens with one attached hydrogen (secondary N) is 12. The van der Waals surface area contributed by atoms with E-state index in [4.69, 9.17) is 5.73 Å². The minimum atomic E-state index is -2.05. The van der Waals surface area contributed by atoms with E-state index in [0.29, 0.717) is 77.0 Å². The Morgan fingerprint density at radius 3 is 1.76 bits per heavy atom. The first-order valence-electron chi connectivity index (χ1n) is 33.0. The van der Waals surface area contributed by atoms with Crippen LogP contribution in [0.2, 0.25) is 0 Å². The van der Waals surface area contributed by atoms with Crippen molar-refractivity contribution in [2.45, 2.75) is 143 Å². The second kappa shape index (κ2) is 35.6. The number of amides is 10. The summed E-state index contributed by atoms with van der Waals surface area (Å²) < 4.78 is 29.8. The molecule has 9 rings (SSSR count). The second-order valence-corrected chi connectivity index (χ2v) is 27.2. The van der Waals surface area contributed by atoms with E-state index >= 15 is 9.59 Å². The Hall–Kier alpha value is -10.3. The molecule has 4 aromatic carbocycles. The molecule has 101 heavy (non-hydrogen) atoms. The molecule has 0 unspecified atom stereocenters. The number of benzene rings is 4. The normalized spacial score (nSPS) is 21.8. The van der Waals surface area contributed by atoms with E-state index in [1.807, 2.05) is 24.3 Å². The number of phenolic OH excluding ortho intramolecular Hbond substituents is 1. The Morgan fingerprint density at radius 2 is 1.18 bits per heavy atom. The number of carboxylic acids is 1. The Labute approximate surface area is 586 Å². The smallest absolute Gasteiger partial charge is 0.305 e. The highest BCUT2D eigenvalue weighted by Crippen LogP contribution is 2.31. The molecule has 1 fully saturated rings. The third-order valence-electron chi connectivity index (χ3n) is 17.5. The Bertz CT molecular complexity index is 4130. The average molecular weight is 1430 g/mol. The number of carbonyl (C=O) groups is 11. The van der Waals surface area contributed by atoms with Crippen LogP contribution < -0.4 is 59.3 Å². The number of halogens is 2. The number of primary amides is 1. The molecule has 536 valence electrons. The van der Waals surface area contributed by atoms with Crippen LogP contribution in [0, 0.1) is 11.6 Å². The lowest BCUT2D eigenvalue weighted by atomic mass is 9.94. The molecule has 19 N–H and O–H groups in total. The van der Waals surface area contributed by atoms with Crippen molar-refractivity contribution in [3.05, 3.63) is 155 Å². The molecule has 0 radical (unpaired) electrons. The van der Waals surface area contributed by atoms with Gasteiger partial charge in [0.2, 0.25) is 59.1 Å². The van der Waals surface area contributed by atoms with E-state index < -0.39 is 144 Å². The number of unbranched alkanes of at least 4 members (excludes halogenated alkanes) is 1. The standard InChI is InChI=1S/C69H81F2N15O13S2/c70-43-11-15-49-47(26-43)41(30-75-49)24-53-63(94)82-54(25-42-31-76-50-16-12-44(71)27-48(42)50)64(95)84-56(29-60(90)91)66(97)83-55(28-45-32-74-37-78-45)65(96)81-52(23-38-9-13-46(87)14-10-38)67(98)86-69(18-2-3-19-69)68(99)85-57(61(73)92)36-101-35-40-7-5-6-39(22-40)34-100-21-17-58(88)79-51(8-1-4-20-72)62(93)77-33-59(89)80-53/h5-7,9-16,22,26-27,30-32,37,51-57,75-76,87H,1-4,8,17-21,23-25,28-29,33-36,72H2,(H2,73,92)(H,74,78)(H,77,93)(H,79,88)(H,80,89)(H,81,96)(H,82,94)(H,83,97)(H,84,95)(H,85,99)(H,86,98)(H,90,91)/p+1/t51-,52-,53-,54-,55-,56-,57-/m0/s1. The van der Waals surface area contributed by atoms with Gasteiger partial charge in [-0.2, -0.15) is 23.5 Å². The fourth-order valence-corrected chi connectivity index (χ4v) is 14.0. The fourth-order valence-electron chi connectivity index (χ4n) is 12.1. The van der Waals surface area contributed by atoms with Crippen molar-refractivity contribution in [3.63, 3.8) is 0 Å². The summed E-state index contributed by atoms with van der Waals surface area (Å²) in [7, 11) is 0. The van der Waals surface area contributed by atoms with E-state index in [1.165, 1.54) is 109 Å². The van der Waals surface area contributed by atoms with Gasteiger partial charge in [-0.25, -0.2) is 13.8 Å². The highest BCUT2D eigenvalue weighted by atomic mass is 32.2. The zero-order chi connectivity index (χ0) is 72.2. The number of nitrogens with zero attached hydrogens (tertiary/aromatic N) is 1. The number of quaternary nitrogens is 1. The first kappa shape index (κ1) is 74.9. The first-order chi connectivity index (χ1) is 48.5. The molecule has 2 bridgehead atoms. The number of aromatic hydroxyl groups is 1. The predicted molar refractivity (Wildman–Crippen MR) is 370 cm³/mol. The van der Waals surface area contributed by atoms with Gasteiger partial charge in [-0.15, -0.1) is 0 Å². The lowest BCUT2D eigenvalue weighted by molar-refractivity contribution is -0.368. The number of nitrogens with two attached hydrogens (primary N) is 1. The molecule has 1 saturated carbocycles. The highest BCUT2D eigenvalue weighted by Gasteiger charge is 2.45. The van der Waals surface area contributed by atoms with Gasteiger partial charge >= 0.3 is 5.97 Å². The average Bonchev–Trinajstić information content (AvgIpc) is 1.70. The number of carbonyl (C=O) groups excluding carboxylic acids is 10. The third kappa shape index (κ3) is 21.3. The molecule has 10 amide bonds. The summed E-state index contributed by atoms with van der Waals surface area (Å²) in [6, 6.07) is 9.98. The van der Waals surface area contributed by atoms with Crippen LogP contribution in [-0.4, -0.2) is 168 Å². The quantitative estimate of drug-likeness (QED) is 0.0647. The molecule has 2 aliphatic rings. The van der Waals surface area contributed by atoms with Gasteiger partial charge in [0, 0.05) is 101 Å². The monoisotopic (exact) mass is 1430 g/mol. The van der Waals surface area contributed by atoms with E-state index in [2.05, 4.69) is 73.5 Å². The van der Waals surface area contributed by atoms with Crippen LogP contribution in [0.25, 0.3) is 21.8 Å². The Balaban J connectivity index is 1.05. The number of aromatic nitrogens is 4. The summed E-state index contributed by atoms with van der Waals surface area (Å²) in [6.07, 6.45) is 5.43. The Kier molecular flexibility index (Phi) is 26.4. The van der Waals surface area contributed by atoms with Gasteiger partial charge in [0.25, 0.3) is 0 Å². The van der Waals surface area contributed by atoms with Crippen molar-refractivity contribution in [3.8, 4) is 5.75 Å². The maximum atomic E-state index is 15.1. The summed E-state index contributed by atoms with van der Waals surface area (Å²) in [5, 5.41) is 44.9. The van der Waals surface area contributed by atoms with Crippen LogP contribution >= 0.6 is 23.5 Å². The number of phenols is 1. The molecule has 28 nitrogen and oxygen atoms in total. The van der Waals surface area contributed by atoms with Gasteiger partial charge in [-0.05, 0) is 108 Å². The zero-order valence-electron chi connectivity index (χ0n) is 55.1. The fraction of sp³-hybridized carbons (Fsp3) is 0.391. The molecule has 1 aliphatic carbocycles. The number of H-pyrrole nitrogens is 3. The van der Waals surface area contributed by atoms with Gasteiger partial charge in [-0.3, -0.25) is 52.7 Å². The van der Waals surface area contributed by atoms with Crippen molar-refractivity contribution in [1.82, 2.24) is 67.8 Å². The van der Waals surface area contributed by atoms with Gasteiger partial charge in [0.1, 0.15) is 65.2 Å². The topological polar surface area (TPSA) is 450 Å². The van der Waals surface area contributed by atoms with Crippen molar-refractivity contribution >= 4 is 110 Å². The van der Waals surface area contributed by atoms with Gasteiger partial charge in [-0.1, -0.05) is 49.2 Å². The Morgan fingerprint density at radius 1 is 0.614 bits per heavy atom. The molecule has 7 aromatic rings. The van der Waals surface area contributed by atoms with Crippen molar-refractivity contribution in [1.29, 1.82) is 0 Å². The van der Waals surface area contributed by atoms with Gasteiger partial charge in [0.15, 0.2) is 0 Å². The maximum absolute atomic E-state index is 15.1. The predicted octanol–water partition coefficient (Wildman–Crippen LogP) is 1.51. The summed E-state index contributed by atoms with van der Waals surface area (Å²) >= 11 is 2.80. The molecule has 3 aromatic heterocycles. The molecular formula is C69H82F2N15O13S2+. The van der Waals surface area contributed by atoms with Crippen LogP contribution in [0.4, 0.5) is 8.78 Å². The van der Waals surface area contributed by atoms with Crippen molar-refractivity contribution in [2.24, 2.45) is 5.73 Å². The summed E-state index contributed by atoms with van der Waals surface area (Å²) in [6.45, 7) is -0.186. The molecule has 4 heterocycles. The summed E-state index contributed by atoms with van der Waals surface area (Å²) in [5.41, 5.74) is 12.1. The highest BCUT2D eigenvalue weighted by molar-refractivity contribution is 7.98. The minimum absolute atomic E-state index is 0.0211. The third-order valence-corrected chi connectivity index (χ3v) is 19.6. The largest absolute Gasteiger partial charge is 0.508 e. The van der Waals surface area contributed by atoms with Crippen LogP contribution in [0.1, 0.15) is 91.3 Å². The summed E-state index contributed by atoms with van der Waals surface area (Å²) in [5.74, 6) is -10.7. The number of hydrogen-bond donors (Lipinski definition) is 16. The van der Waals surface area contributed by atoms with Crippen LogP contribution in [0.3, 0.4) is 0 Å². The lowest BCUT2D eigenvalue weighted by Gasteiger charge is -2.33. The van der Waals surface area contributed by atoms with Crippen LogP contribution in [0.5, 0.6) is 5.75 Å². The number of carboxylic acid groups (broad SMARTS) is 1. The second-order valence-electron chi connectivity index (χ2n) is 25.1. The maximum Gasteiger partial charge on any atom is 0.305 e. The number of aliphatic carboxylic acids is 1. The number of imidazole rings is 1. The molecule has 0 saturated heterocycles. The number of hydrogen-bond acceptors (Lipinski definition) is 15. The molecule has 32 heteroatoms. The van der Waals surface area contributed by atoms with Gasteiger partial charge < -0.3 is 84.5 Å². The van der Waals surface area contributed by atoms with Crippen LogP contribution in [0.15, 0.2) is 110 Å². The summed E-state index contributed by atoms with van der Waals surface area (Å²) in [4.78, 5) is 170. The van der Waals surface area contributed by atoms with Gasteiger partial charge in [0.05, 0.1) is 25.8 Å². The SMILES string of the molecule is NC(=O)[C@@H]1CSCc2cccc(c2)CSCCC(=O)N[C@@H](CCCC[NH3+])C(=O)NCC(=O)N[C@@H](Cc2c[nH]c3ccc(F)cc23)C(=O)N[C@@H](Cc2c[nH]c3ccc(F)cc23)C(=O)N[C@@H](CC(=O)O)C(=O)N[C@@H](Cc2cnc[nH]2)C(=O)N[C@@H](Cc2ccc(O)cc2)C(=O)NC2(CCCC2)C(=O)N1. The van der Waals surface area contributed by atoms with Crippen LogP contribution in [-0.2, 0) is 89.9 Å². The molecular weight excluding hydrogens is 1350 g/mol. The van der Waals surface area contributed by atoms with Crippen molar-refractivity contribution in [2.75, 3.05) is 24.6 Å². The first-order valence-corrected chi connectivity index (χ1v) is 35.3. The molecule has 1 spiro atoms. The lowest BCUT2D eigenvalue weighted by Crippen LogP contribution is -2.64. The number of aromatic amines is 3. The number of fused-ring (bicyclic) bond motifs is 4. The molecule has 7 atom stereocenters.